The van der Waals surface area contributed by atoms with Crippen LogP contribution in [0, 0.1) is 0 Å². The maximum Gasteiger partial charge on any atom is 0.323 e. The van der Waals surface area contributed by atoms with Crippen molar-refractivity contribution in [2.45, 2.75) is 25.3 Å². The zero-order valence-electron chi connectivity index (χ0n) is 8.84. The second-order valence-corrected chi connectivity index (χ2v) is 4.79. The van der Waals surface area contributed by atoms with E-state index in [0.717, 1.165) is 5.56 Å². The lowest BCUT2D eigenvalue weighted by Gasteiger charge is -2.18. The standard InChI is InChI=1S/C11H13Cl2NO2/c1-11(14,10(15)16)5-4-7-2-3-8(12)9(13)6-7/h2-3,6H,4-5,14H2,1H3,(H,15,16). The lowest BCUT2D eigenvalue weighted by Crippen LogP contribution is -2.45. The third-order valence-corrected chi connectivity index (χ3v) is 3.14. The largest absolute Gasteiger partial charge is 0.480 e. The van der Waals surface area contributed by atoms with Gasteiger partial charge in [-0.15, -0.1) is 0 Å². The number of hydrogen-bond acceptors (Lipinski definition) is 2. The second kappa shape index (κ2) is 5.04. The number of rotatable bonds is 4. The maximum absolute atomic E-state index is 10.8. The third-order valence-electron chi connectivity index (χ3n) is 2.41. The van der Waals surface area contributed by atoms with E-state index >= 15 is 0 Å². The van der Waals surface area contributed by atoms with Crippen molar-refractivity contribution < 1.29 is 9.90 Å². The molecule has 0 radical (unpaired) electrons. The lowest BCUT2D eigenvalue weighted by molar-refractivity contribution is -0.142. The van der Waals surface area contributed by atoms with Crippen molar-refractivity contribution in [1.82, 2.24) is 0 Å². The van der Waals surface area contributed by atoms with Crippen molar-refractivity contribution >= 4 is 29.2 Å². The third kappa shape index (κ3) is 3.37. The first-order chi connectivity index (χ1) is 7.33. The number of aryl methyl sites for hydroxylation is 1. The molecular formula is C11H13Cl2NO2. The number of benzene rings is 1. The van der Waals surface area contributed by atoms with Gasteiger partial charge in [0.25, 0.3) is 0 Å². The van der Waals surface area contributed by atoms with Crippen molar-refractivity contribution in [2.24, 2.45) is 5.73 Å². The van der Waals surface area contributed by atoms with E-state index in [0.29, 0.717) is 22.9 Å². The Kier molecular flexibility index (Phi) is 4.19. The van der Waals surface area contributed by atoms with E-state index in [-0.39, 0.29) is 0 Å². The molecule has 5 heteroatoms. The molecule has 1 rings (SSSR count). The molecule has 0 amide bonds. The van der Waals surface area contributed by atoms with E-state index in [2.05, 4.69) is 0 Å². The monoisotopic (exact) mass is 261 g/mol. The van der Waals surface area contributed by atoms with E-state index < -0.39 is 11.5 Å². The highest BCUT2D eigenvalue weighted by Gasteiger charge is 2.27. The first kappa shape index (κ1) is 13.3. The van der Waals surface area contributed by atoms with Gasteiger partial charge in [0.05, 0.1) is 10.0 Å². The Morgan fingerprint density at radius 2 is 2.06 bits per heavy atom. The Hall–Kier alpha value is -0.770. The number of carboxylic acids is 1. The van der Waals surface area contributed by atoms with Gasteiger partial charge in [0, 0.05) is 0 Å². The molecule has 1 aromatic rings. The summed E-state index contributed by atoms with van der Waals surface area (Å²) in [6, 6.07) is 5.22. The zero-order valence-corrected chi connectivity index (χ0v) is 10.3. The van der Waals surface area contributed by atoms with E-state index in [1.165, 1.54) is 6.92 Å². The SMILES string of the molecule is CC(N)(CCc1ccc(Cl)c(Cl)c1)C(=O)O. The van der Waals surface area contributed by atoms with Gasteiger partial charge in [0.1, 0.15) is 5.54 Å². The molecule has 1 aromatic carbocycles. The summed E-state index contributed by atoms with van der Waals surface area (Å²) >= 11 is 11.6. The molecule has 0 aliphatic carbocycles. The summed E-state index contributed by atoms with van der Waals surface area (Å²) in [6.07, 6.45) is 0.899. The number of aliphatic carboxylic acids is 1. The topological polar surface area (TPSA) is 63.3 Å². The first-order valence-electron chi connectivity index (χ1n) is 4.79. The quantitative estimate of drug-likeness (QED) is 0.876. The normalized spacial score (nSPS) is 14.5. The van der Waals surface area contributed by atoms with Crippen molar-refractivity contribution in [1.29, 1.82) is 0 Å². The molecule has 0 aliphatic heterocycles. The Morgan fingerprint density at radius 3 is 2.56 bits per heavy atom. The fourth-order valence-corrected chi connectivity index (χ4v) is 1.53. The van der Waals surface area contributed by atoms with Crippen LogP contribution in [0.2, 0.25) is 10.0 Å². The number of hydrogen-bond donors (Lipinski definition) is 2. The van der Waals surface area contributed by atoms with Crippen LogP contribution in [-0.2, 0) is 11.2 Å². The molecule has 0 fully saturated rings. The molecular weight excluding hydrogens is 249 g/mol. The summed E-state index contributed by atoms with van der Waals surface area (Å²) in [5, 5.41) is 9.80. The minimum Gasteiger partial charge on any atom is -0.480 e. The summed E-state index contributed by atoms with van der Waals surface area (Å²) < 4.78 is 0. The number of halogens is 2. The van der Waals surface area contributed by atoms with Crippen LogP contribution in [0.15, 0.2) is 18.2 Å². The zero-order chi connectivity index (χ0) is 12.3. The molecule has 3 nitrogen and oxygen atoms in total. The van der Waals surface area contributed by atoms with Crippen LogP contribution in [-0.4, -0.2) is 16.6 Å². The summed E-state index contributed by atoms with van der Waals surface area (Å²) in [5.41, 5.74) is 5.32. The van der Waals surface area contributed by atoms with Crippen molar-refractivity contribution in [3.8, 4) is 0 Å². The van der Waals surface area contributed by atoms with Gasteiger partial charge in [0.15, 0.2) is 0 Å². The number of carboxylic acid groups (broad SMARTS) is 1. The highest BCUT2D eigenvalue weighted by Crippen LogP contribution is 2.24. The van der Waals surface area contributed by atoms with E-state index in [1.54, 1.807) is 12.1 Å². The Labute approximate surface area is 104 Å². The average molecular weight is 262 g/mol. The first-order valence-corrected chi connectivity index (χ1v) is 5.55. The Morgan fingerprint density at radius 1 is 1.44 bits per heavy atom. The summed E-state index contributed by atoms with van der Waals surface area (Å²) in [6.45, 7) is 1.49. The second-order valence-electron chi connectivity index (χ2n) is 3.97. The molecule has 0 bridgehead atoms. The smallest absolute Gasteiger partial charge is 0.323 e. The van der Waals surface area contributed by atoms with Crippen LogP contribution in [0.3, 0.4) is 0 Å². The predicted molar refractivity (Wildman–Crippen MR) is 65.0 cm³/mol. The predicted octanol–water partition coefficient (Wildman–Crippen LogP) is 2.73. The molecule has 0 aromatic heterocycles. The molecule has 0 spiro atoms. The van der Waals surface area contributed by atoms with Crippen LogP contribution in [0.25, 0.3) is 0 Å². The molecule has 1 unspecified atom stereocenters. The molecule has 0 heterocycles. The van der Waals surface area contributed by atoms with Gasteiger partial charge < -0.3 is 10.8 Å². The molecule has 0 saturated heterocycles. The summed E-state index contributed by atoms with van der Waals surface area (Å²) in [4.78, 5) is 10.8. The minimum absolute atomic E-state index is 0.348. The molecule has 0 saturated carbocycles. The van der Waals surface area contributed by atoms with Crippen molar-refractivity contribution in [3.05, 3.63) is 33.8 Å². The average Bonchev–Trinajstić information content (AvgIpc) is 2.20. The summed E-state index contributed by atoms with van der Waals surface area (Å²) in [5.74, 6) is -1.01. The van der Waals surface area contributed by atoms with E-state index in [9.17, 15) is 4.79 Å². The highest BCUT2D eigenvalue weighted by atomic mass is 35.5. The van der Waals surface area contributed by atoms with Crippen molar-refractivity contribution in [3.63, 3.8) is 0 Å². The fraction of sp³-hybridized carbons (Fsp3) is 0.364. The van der Waals surface area contributed by atoms with Gasteiger partial charge in [-0.1, -0.05) is 29.3 Å². The molecule has 1 atom stereocenters. The lowest BCUT2D eigenvalue weighted by atomic mass is 9.94. The van der Waals surface area contributed by atoms with Gasteiger partial charge >= 0.3 is 5.97 Å². The van der Waals surface area contributed by atoms with Crippen LogP contribution >= 0.6 is 23.2 Å². The molecule has 88 valence electrons. The highest BCUT2D eigenvalue weighted by molar-refractivity contribution is 6.42. The van der Waals surface area contributed by atoms with Gasteiger partial charge in [-0.05, 0) is 37.5 Å². The molecule has 16 heavy (non-hydrogen) atoms. The van der Waals surface area contributed by atoms with Gasteiger partial charge in [-0.3, -0.25) is 4.79 Å². The number of nitrogens with two attached hydrogens (primary N) is 1. The van der Waals surface area contributed by atoms with Gasteiger partial charge in [-0.25, -0.2) is 0 Å². The maximum atomic E-state index is 10.8. The van der Waals surface area contributed by atoms with Gasteiger partial charge in [-0.2, -0.15) is 0 Å². The van der Waals surface area contributed by atoms with E-state index in [1.807, 2.05) is 6.07 Å². The molecule has 0 aliphatic rings. The fourth-order valence-electron chi connectivity index (χ4n) is 1.21. The van der Waals surface area contributed by atoms with Crippen molar-refractivity contribution in [2.75, 3.05) is 0 Å². The minimum atomic E-state index is -1.22. The Bertz CT molecular complexity index is 405. The van der Waals surface area contributed by atoms with Crippen LogP contribution in [0.5, 0.6) is 0 Å². The van der Waals surface area contributed by atoms with E-state index in [4.69, 9.17) is 34.0 Å². The Balaban J connectivity index is 2.68. The van der Waals surface area contributed by atoms with Crippen LogP contribution in [0.1, 0.15) is 18.9 Å². The summed E-state index contributed by atoms with van der Waals surface area (Å²) in [7, 11) is 0. The van der Waals surface area contributed by atoms with Crippen LogP contribution in [0.4, 0.5) is 0 Å². The number of carbonyl (C=O) groups is 1. The van der Waals surface area contributed by atoms with Crippen LogP contribution < -0.4 is 5.73 Å². The van der Waals surface area contributed by atoms with Gasteiger partial charge in [0.2, 0.25) is 0 Å². The molecule has 3 N–H and O–H groups in total.